The minimum atomic E-state index is -0.396. The summed E-state index contributed by atoms with van der Waals surface area (Å²) in [5, 5.41) is 2.75. The minimum absolute atomic E-state index is 0.00102. The van der Waals surface area contributed by atoms with E-state index in [4.69, 9.17) is 11.5 Å². The maximum atomic E-state index is 11.9. The van der Waals surface area contributed by atoms with Gasteiger partial charge in [0.05, 0.1) is 0 Å². The van der Waals surface area contributed by atoms with Crippen LogP contribution in [0.2, 0.25) is 0 Å². The number of primary amides is 1. The molecule has 4 unspecified atom stereocenters. The lowest BCUT2D eigenvalue weighted by Crippen LogP contribution is -2.45. The van der Waals surface area contributed by atoms with E-state index in [0.717, 1.165) is 12.8 Å². The van der Waals surface area contributed by atoms with Crippen LogP contribution in [0, 0.1) is 17.8 Å². The Morgan fingerprint density at radius 3 is 2.47 bits per heavy atom. The van der Waals surface area contributed by atoms with Crippen LogP contribution in [-0.4, -0.2) is 24.4 Å². The molecule has 0 aliphatic heterocycles. The number of nitrogens with one attached hydrogen (secondary N) is 1. The molecule has 2 amide bonds. The lowest BCUT2D eigenvalue weighted by atomic mass is 9.72. The molecule has 0 saturated heterocycles. The van der Waals surface area contributed by atoms with Crippen molar-refractivity contribution in [1.82, 2.24) is 5.32 Å². The van der Waals surface area contributed by atoms with E-state index in [1.54, 1.807) is 0 Å². The van der Waals surface area contributed by atoms with Gasteiger partial charge in [-0.1, -0.05) is 13.8 Å². The molecule has 5 N–H and O–H groups in total. The molecule has 0 radical (unpaired) electrons. The number of rotatable bonds is 4. The first-order valence-corrected chi connectivity index (χ1v) is 6.23. The van der Waals surface area contributed by atoms with Crippen LogP contribution in [0.15, 0.2) is 0 Å². The van der Waals surface area contributed by atoms with Gasteiger partial charge in [-0.05, 0) is 24.7 Å². The van der Waals surface area contributed by atoms with Gasteiger partial charge in [-0.3, -0.25) is 9.59 Å². The molecule has 1 saturated carbocycles. The highest BCUT2D eigenvalue weighted by molar-refractivity contribution is 5.80. The largest absolute Gasteiger partial charge is 0.370 e. The lowest BCUT2D eigenvalue weighted by molar-refractivity contribution is -0.128. The van der Waals surface area contributed by atoms with Gasteiger partial charge in [0.2, 0.25) is 11.8 Å². The molecule has 5 nitrogen and oxygen atoms in total. The monoisotopic (exact) mass is 241 g/mol. The Bertz CT molecular complexity index is 293. The molecule has 1 aliphatic carbocycles. The summed E-state index contributed by atoms with van der Waals surface area (Å²) in [6.45, 7) is 4.53. The number of hydrogen-bond donors (Lipinski definition) is 3. The van der Waals surface area contributed by atoms with Crippen molar-refractivity contribution in [1.29, 1.82) is 0 Å². The molecule has 0 heterocycles. The van der Waals surface area contributed by atoms with Crippen molar-refractivity contribution in [2.45, 2.75) is 39.2 Å². The van der Waals surface area contributed by atoms with Crippen LogP contribution in [0.1, 0.15) is 33.1 Å². The second-order valence-electron chi connectivity index (χ2n) is 5.20. The van der Waals surface area contributed by atoms with E-state index >= 15 is 0 Å². The van der Waals surface area contributed by atoms with E-state index in [-0.39, 0.29) is 24.3 Å². The number of nitrogens with two attached hydrogens (primary N) is 2. The zero-order valence-electron chi connectivity index (χ0n) is 10.6. The van der Waals surface area contributed by atoms with Gasteiger partial charge in [-0.15, -0.1) is 0 Å². The van der Waals surface area contributed by atoms with Gasteiger partial charge in [0, 0.05) is 24.9 Å². The molecule has 0 aromatic carbocycles. The fraction of sp³-hybridized carbons (Fsp3) is 0.833. The van der Waals surface area contributed by atoms with Crippen LogP contribution >= 0.6 is 0 Å². The number of carbonyl (C=O) groups is 2. The summed E-state index contributed by atoms with van der Waals surface area (Å²) in [5.74, 6) is 0.389. The molecule has 1 fully saturated rings. The van der Waals surface area contributed by atoms with Crippen molar-refractivity contribution in [2.75, 3.05) is 6.54 Å². The van der Waals surface area contributed by atoms with Gasteiger partial charge in [0.15, 0.2) is 0 Å². The predicted octanol–water partition coefficient (Wildman–Crippen LogP) is -0.0125. The summed E-state index contributed by atoms with van der Waals surface area (Å²) in [6.07, 6.45) is 1.90. The molecule has 0 bridgehead atoms. The van der Waals surface area contributed by atoms with Crippen LogP contribution < -0.4 is 16.8 Å². The fourth-order valence-electron chi connectivity index (χ4n) is 2.49. The summed E-state index contributed by atoms with van der Waals surface area (Å²) < 4.78 is 0. The highest BCUT2D eigenvalue weighted by atomic mass is 16.2. The first kappa shape index (κ1) is 14.0. The van der Waals surface area contributed by atoms with Gasteiger partial charge >= 0.3 is 0 Å². The molecular formula is C12H23N3O2. The Balaban J connectivity index is 2.42. The van der Waals surface area contributed by atoms with Crippen LogP contribution in [0.25, 0.3) is 0 Å². The summed E-state index contributed by atoms with van der Waals surface area (Å²) in [7, 11) is 0. The summed E-state index contributed by atoms with van der Waals surface area (Å²) in [4.78, 5) is 22.5. The minimum Gasteiger partial charge on any atom is -0.370 e. The Kier molecular flexibility index (Phi) is 4.93. The summed E-state index contributed by atoms with van der Waals surface area (Å²) in [6, 6.07) is 0.0955. The number of carbonyl (C=O) groups excluding carboxylic acids is 2. The van der Waals surface area contributed by atoms with Gasteiger partial charge in [0.1, 0.15) is 0 Å². The summed E-state index contributed by atoms with van der Waals surface area (Å²) in [5.41, 5.74) is 11.0. The van der Waals surface area contributed by atoms with Crippen molar-refractivity contribution >= 4 is 11.8 Å². The van der Waals surface area contributed by atoms with Crippen LogP contribution in [-0.2, 0) is 9.59 Å². The average molecular weight is 241 g/mol. The first-order valence-electron chi connectivity index (χ1n) is 6.23. The van der Waals surface area contributed by atoms with Crippen molar-refractivity contribution in [3.05, 3.63) is 0 Å². The topological polar surface area (TPSA) is 98.2 Å². The zero-order chi connectivity index (χ0) is 13.0. The van der Waals surface area contributed by atoms with Crippen molar-refractivity contribution in [2.24, 2.45) is 29.2 Å². The third kappa shape index (κ3) is 4.00. The Morgan fingerprint density at radius 2 is 1.88 bits per heavy atom. The van der Waals surface area contributed by atoms with E-state index < -0.39 is 5.91 Å². The lowest BCUT2D eigenvalue weighted by Gasteiger charge is -2.36. The fourth-order valence-corrected chi connectivity index (χ4v) is 2.49. The molecule has 4 atom stereocenters. The molecule has 5 heteroatoms. The van der Waals surface area contributed by atoms with Gasteiger partial charge in [-0.25, -0.2) is 0 Å². The van der Waals surface area contributed by atoms with Crippen molar-refractivity contribution in [3.63, 3.8) is 0 Å². The van der Waals surface area contributed by atoms with E-state index in [2.05, 4.69) is 19.2 Å². The second-order valence-corrected chi connectivity index (χ2v) is 5.20. The standard InChI is InChI=1S/C12H23N3O2/c1-7-5-8(2)10(13)6-9(7)12(17)15-4-3-11(14)16/h7-10H,3-6,13H2,1-2H3,(H2,14,16)(H,15,17). The highest BCUT2D eigenvalue weighted by Crippen LogP contribution is 2.32. The maximum absolute atomic E-state index is 11.9. The Labute approximate surface area is 102 Å². The Morgan fingerprint density at radius 1 is 1.24 bits per heavy atom. The summed E-state index contributed by atoms with van der Waals surface area (Å²) >= 11 is 0. The maximum Gasteiger partial charge on any atom is 0.223 e. The third-order valence-electron chi connectivity index (χ3n) is 3.69. The molecule has 0 aromatic rings. The Hall–Kier alpha value is -1.10. The average Bonchev–Trinajstić information content (AvgIpc) is 2.22. The molecular weight excluding hydrogens is 218 g/mol. The van der Waals surface area contributed by atoms with Crippen LogP contribution in [0.5, 0.6) is 0 Å². The van der Waals surface area contributed by atoms with Crippen LogP contribution in [0.4, 0.5) is 0 Å². The first-order chi connectivity index (χ1) is 7.91. The SMILES string of the molecule is CC1CC(C)C(C(=O)NCCC(N)=O)CC1N. The molecule has 0 aromatic heterocycles. The van der Waals surface area contributed by atoms with Gasteiger partial charge in [-0.2, -0.15) is 0 Å². The predicted molar refractivity (Wildman–Crippen MR) is 65.8 cm³/mol. The van der Waals surface area contributed by atoms with E-state index in [0.29, 0.717) is 18.4 Å². The van der Waals surface area contributed by atoms with Crippen LogP contribution in [0.3, 0.4) is 0 Å². The molecule has 0 spiro atoms. The number of amides is 2. The second kappa shape index (κ2) is 6.00. The van der Waals surface area contributed by atoms with Crippen molar-refractivity contribution < 1.29 is 9.59 Å². The molecule has 17 heavy (non-hydrogen) atoms. The van der Waals surface area contributed by atoms with E-state index in [1.807, 2.05) is 0 Å². The molecule has 1 aliphatic rings. The smallest absolute Gasteiger partial charge is 0.223 e. The molecule has 1 rings (SSSR count). The molecule has 98 valence electrons. The normalized spacial score (nSPS) is 33.1. The van der Waals surface area contributed by atoms with E-state index in [1.165, 1.54) is 0 Å². The third-order valence-corrected chi connectivity index (χ3v) is 3.69. The van der Waals surface area contributed by atoms with Gasteiger partial charge in [0.25, 0.3) is 0 Å². The van der Waals surface area contributed by atoms with Gasteiger partial charge < -0.3 is 16.8 Å². The number of hydrogen-bond acceptors (Lipinski definition) is 3. The zero-order valence-corrected chi connectivity index (χ0v) is 10.6. The highest BCUT2D eigenvalue weighted by Gasteiger charge is 2.34. The van der Waals surface area contributed by atoms with E-state index in [9.17, 15) is 9.59 Å². The quantitative estimate of drug-likeness (QED) is 0.645. The van der Waals surface area contributed by atoms with Crippen molar-refractivity contribution in [3.8, 4) is 0 Å².